The third kappa shape index (κ3) is 3.35. The summed E-state index contributed by atoms with van der Waals surface area (Å²) in [5.41, 5.74) is 2.48. The smallest absolute Gasteiger partial charge is 0.255 e. The Morgan fingerprint density at radius 1 is 1.16 bits per heavy atom. The van der Waals surface area contributed by atoms with Gasteiger partial charge in [0.2, 0.25) is 0 Å². The van der Waals surface area contributed by atoms with Gasteiger partial charge in [-0.2, -0.15) is 0 Å². The van der Waals surface area contributed by atoms with Gasteiger partial charge in [-0.25, -0.2) is 0 Å². The van der Waals surface area contributed by atoms with Crippen LogP contribution in [0, 0.1) is 6.92 Å². The van der Waals surface area contributed by atoms with Crippen molar-refractivity contribution in [2.75, 3.05) is 12.4 Å². The van der Waals surface area contributed by atoms with Crippen LogP contribution in [-0.4, -0.2) is 13.0 Å². The standard InChI is InChI=1S/C15H14BrNO2/c1-10-3-8-14(13(16)9-10)17-15(18)11-4-6-12(19-2)7-5-11/h3-9H,1-2H3,(H,17,18). The fourth-order valence-electron chi connectivity index (χ4n) is 1.66. The number of carbonyl (C=O) groups is 1. The number of rotatable bonds is 3. The second-order valence-corrected chi connectivity index (χ2v) is 5.02. The summed E-state index contributed by atoms with van der Waals surface area (Å²) in [6, 6.07) is 12.8. The maximum Gasteiger partial charge on any atom is 0.255 e. The highest BCUT2D eigenvalue weighted by Crippen LogP contribution is 2.24. The molecule has 2 rings (SSSR count). The Hall–Kier alpha value is -1.81. The molecule has 19 heavy (non-hydrogen) atoms. The first-order valence-electron chi connectivity index (χ1n) is 5.81. The zero-order chi connectivity index (χ0) is 13.8. The lowest BCUT2D eigenvalue weighted by Crippen LogP contribution is -2.12. The first-order chi connectivity index (χ1) is 9.10. The molecule has 2 aromatic carbocycles. The quantitative estimate of drug-likeness (QED) is 0.928. The largest absolute Gasteiger partial charge is 0.497 e. The number of halogens is 1. The zero-order valence-corrected chi connectivity index (χ0v) is 12.3. The number of methoxy groups -OCH3 is 1. The molecule has 0 aromatic heterocycles. The van der Waals surface area contributed by atoms with Crippen molar-refractivity contribution in [3.8, 4) is 5.75 Å². The van der Waals surface area contributed by atoms with Gasteiger partial charge in [-0.05, 0) is 64.8 Å². The molecule has 0 heterocycles. The van der Waals surface area contributed by atoms with Crippen molar-refractivity contribution in [2.24, 2.45) is 0 Å². The molecular weight excluding hydrogens is 306 g/mol. The van der Waals surface area contributed by atoms with Gasteiger partial charge in [0.15, 0.2) is 0 Å². The van der Waals surface area contributed by atoms with E-state index in [9.17, 15) is 4.79 Å². The van der Waals surface area contributed by atoms with Gasteiger partial charge in [0.25, 0.3) is 5.91 Å². The summed E-state index contributed by atoms with van der Waals surface area (Å²) in [5.74, 6) is 0.584. The minimum atomic E-state index is -0.146. The van der Waals surface area contributed by atoms with Crippen LogP contribution in [0.1, 0.15) is 15.9 Å². The van der Waals surface area contributed by atoms with E-state index in [0.29, 0.717) is 5.56 Å². The van der Waals surface area contributed by atoms with Crippen molar-refractivity contribution in [1.82, 2.24) is 0 Å². The average molecular weight is 320 g/mol. The highest BCUT2D eigenvalue weighted by atomic mass is 79.9. The molecule has 3 nitrogen and oxygen atoms in total. The number of ether oxygens (including phenoxy) is 1. The molecule has 0 spiro atoms. The first-order valence-corrected chi connectivity index (χ1v) is 6.61. The molecule has 98 valence electrons. The van der Waals surface area contributed by atoms with Crippen LogP contribution in [0.15, 0.2) is 46.9 Å². The van der Waals surface area contributed by atoms with Crippen LogP contribution in [0.4, 0.5) is 5.69 Å². The first kappa shape index (κ1) is 13.6. The molecule has 0 fully saturated rings. The Morgan fingerprint density at radius 3 is 2.42 bits per heavy atom. The predicted octanol–water partition coefficient (Wildman–Crippen LogP) is 4.02. The Bertz CT molecular complexity index is 594. The van der Waals surface area contributed by atoms with E-state index in [-0.39, 0.29) is 5.91 Å². The van der Waals surface area contributed by atoms with Gasteiger partial charge < -0.3 is 10.1 Å². The molecule has 0 atom stereocenters. The van der Waals surface area contributed by atoms with E-state index in [1.807, 2.05) is 25.1 Å². The van der Waals surface area contributed by atoms with Gasteiger partial charge in [-0.1, -0.05) is 6.07 Å². The summed E-state index contributed by atoms with van der Waals surface area (Å²) in [6.07, 6.45) is 0. The molecule has 1 N–H and O–H groups in total. The predicted molar refractivity (Wildman–Crippen MR) is 79.8 cm³/mol. The molecule has 0 aliphatic rings. The molecule has 4 heteroatoms. The Kier molecular flexibility index (Phi) is 4.22. The number of hydrogen-bond donors (Lipinski definition) is 1. The van der Waals surface area contributed by atoms with Crippen molar-refractivity contribution in [3.63, 3.8) is 0 Å². The summed E-state index contributed by atoms with van der Waals surface area (Å²) < 4.78 is 5.93. The summed E-state index contributed by atoms with van der Waals surface area (Å²) >= 11 is 3.44. The lowest BCUT2D eigenvalue weighted by molar-refractivity contribution is 0.102. The minimum absolute atomic E-state index is 0.146. The van der Waals surface area contributed by atoms with E-state index in [0.717, 1.165) is 21.5 Å². The maximum absolute atomic E-state index is 12.1. The molecule has 0 saturated carbocycles. The summed E-state index contributed by atoms with van der Waals surface area (Å²) in [4.78, 5) is 12.1. The molecule has 0 aliphatic heterocycles. The number of anilines is 1. The number of carbonyl (C=O) groups excluding carboxylic acids is 1. The highest BCUT2D eigenvalue weighted by molar-refractivity contribution is 9.10. The van der Waals surface area contributed by atoms with Crippen molar-refractivity contribution in [3.05, 3.63) is 58.1 Å². The lowest BCUT2D eigenvalue weighted by Gasteiger charge is -2.08. The van der Waals surface area contributed by atoms with Crippen LogP contribution in [-0.2, 0) is 0 Å². The van der Waals surface area contributed by atoms with Crippen LogP contribution < -0.4 is 10.1 Å². The van der Waals surface area contributed by atoms with Gasteiger partial charge in [0, 0.05) is 10.0 Å². The van der Waals surface area contributed by atoms with E-state index >= 15 is 0 Å². The Morgan fingerprint density at radius 2 is 1.84 bits per heavy atom. The van der Waals surface area contributed by atoms with E-state index in [2.05, 4.69) is 21.2 Å². The molecule has 0 unspecified atom stereocenters. The van der Waals surface area contributed by atoms with Crippen molar-refractivity contribution >= 4 is 27.5 Å². The molecule has 0 radical (unpaired) electrons. The summed E-state index contributed by atoms with van der Waals surface area (Å²) in [5, 5.41) is 2.86. The molecule has 2 aromatic rings. The van der Waals surface area contributed by atoms with Crippen LogP contribution >= 0.6 is 15.9 Å². The molecule has 0 aliphatic carbocycles. The lowest BCUT2D eigenvalue weighted by atomic mass is 10.2. The average Bonchev–Trinajstić information content (AvgIpc) is 2.42. The van der Waals surface area contributed by atoms with E-state index in [1.54, 1.807) is 31.4 Å². The van der Waals surface area contributed by atoms with E-state index in [1.165, 1.54) is 0 Å². The fourth-order valence-corrected chi connectivity index (χ4v) is 2.25. The third-order valence-electron chi connectivity index (χ3n) is 2.72. The molecule has 0 bridgehead atoms. The number of aryl methyl sites for hydroxylation is 1. The number of hydrogen-bond acceptors (Lipinski definition) is 2. The van der Waals surface area contributed by atoms with Crippen molar-refractivity contribution in [1.29, 1.82) is 0 Å². The minimum Gasteiger partial charge on any atom is -0.497 e. The van der Waals surface area contributed by atoms with Gasteiger partial charge in [-0.15, -0.1) is 0 Å². The fraction of sp³-hybridized carbons (Fsp3) is 0.133. The molecule has 1 amide bonds. The summed E-state index contributed by atoms with van der Waals surface area (Å²) in [7, 11) is 1.60. The number of benzene rings is 2. The second-order valence-electron chi connectivity index (χ2n) is 4.17. The van der Waals surface area contributed by atoms with Gasteiger partial charge in [0.1, 0.15) is 5.75 Å². The zero-order valence-electron chi connectivity index (χ0n) is 10.7. The van der Waals surface area contributed by atoms with Crippen molar-refractivity contribution in [2.45, 2.75) is 6.92 Å². The topological polar surface area (TPSA) is 38.3 Å². The van der Waals surface area contributed by atoms with Crippen molar-refractivity contribution < 1.29 is 9.53 Å². The van der Waals surface area contributed by atoms with Crippen LogP contribution in [0.3, 0.4) is 0 Å². The third-order valence-corrected chi connectivity index (χ3v) is 3.38. The van der Waals surface area contributed by atoms with Gasteiger partial charge >= 0.3 is 0 Å². The van der Waals surface area contributed by atoms with E-state index < -0.39 is 0 Å². The Balaban J connectivity index is 2.15. The van der Waals surface area contributed by atoms with Gasteiger partial charge in [0.05, 0.1) is 12.8 Å². The monoisotopic (exact) mass is 319 g/mol. The molecular formula is C15H14BrNO2. The maximum atomic E-state index is 12.1. The Labute approximate surface area is 120 Å². The van der Waals surface area contributed by atoms with Crippen LogP contribution in [0.25, 0.3) is 0 Å². The van der Waals surface area contributed by atoms with Crippen LogP contribution in [0.2, 0.25) is 0 Å². The molecule has 0 saturated heterocycles. The SMILES string of the molecule is COc1ccc(C(=O)Nc2ccc(C)cc2Br)cc1. The van der Waals surface area contributed by atoms with E-state index in [4.69, 9.17) is 4.74 Å². The highest BCUT2D eigenvalue weighted by Gasteiger charge is 2.08. The second kappa shape index (κ2) is 5.89. The van der Waals surface area contributed by atoms with Crippen LogP contribution in [0.5, 0.6) is 5.75 Å². The number of amides is 1. The number of nitrogens with one attached hydrogen (secondary N) is 1. The summed E-state index contributed by atoms with van der Waals surface area (Å²) in [6.45, 7) is 2.00. The normalized spacial score (nSPS) is 10.1. The van der Waals surface area contributed by atoms with Gasteiger partial charge in [-0.3, -0.25) is 4.79 Å².